The number of aryl methyl sites for hydroxylation is 1. The molecule has 0 saturated heterocycles. The van der Waals surface area contributed by atoms with E-state index in [1.165, 1.54) is 149 Å². The lowest BCUT2D eigenvalue weighted by Gasteiger charge is -2.50. The highest BCUT2D eigenvalue weighted by atomic mass is 32.1. The Kier molecular flexibility index (Phi) is 9.20. The number of anilines is 8. The van der Waals surface area contributed by atoms with E-state index in [0.717, 1.165) is 6.42 Å². The summed E-state index contributed by atoms with van der Waals surface area (Å²) >= 11 is 3.84. The van der Waals surface area contributed by atoms with Gasteiger partial charge in [-0.25, -0.2) is 0 Å². The fraction of sp³-hybridized carbons (Fsp3) is 0.194. The molecule has 0 bridgehead atoms. The molecule has 3 nitrogen and oxygen atoms in total. The van der Waals surface area contributed by atoms with Gasteiger partial charge >= 0.3 is 0 Å². The molecule has 9 aromatic carbocycles. The van der Waals surface area contributed by atoms with E-state index in [1.54, 1.807) is 0 Å². The van der Waals surface area contributed by atoms with Gasteiger partial charge in [0.15, 0.2) is 0 Å². The molecule has 0 spiro atoms. The maximum Gasteiger partial charge on any atom is 0.252 e. The molecule has 15 rings (SSSR count). The molecule has 2 atom stereocenters. The molecule has 0 radical (unpaired) electrons. The van der Waals surface area contributed by atoms with Gasteiger partial charge in [0.05, 0.1) is 26.3 Å². The lowest BCUT2D eigenvalue weighted by molar-refractivity contribution is 0.195. The number of hydrogen-bond acceptors (Lipinski definition) is 5. The standard InChI is InChI=1S/C67H56BN3S2/c1-41-36-58-62-59(37-41)70(55-25-17-23-49-47-21-11-13-27-61(47)73-64(49)55)57-40-45(71-53-33-29-44(65(2,3)4)39-50(53)66(5)34-14-15-35-67(66,71)6)30-32-52(57)68(62)51-31-28-43(42-18-8-7-9-19-42)38-56(51)69(58)54-24-16-22-48-46-20-10-12-26-60(46)72-63(48)54/h7-13,16-33,36-40H,14-15,34-35H2,1-6H3. The van der Waals surface area contributed by atoms with E-state index in [2.05, 4.69) is 238 Å². The van der Waals surface area contributed by atoms with Crippen molar-refractivity contribution in [2.45, 2.75) is 83.6 Å². The van der Waals surface area contributed by atoms with Crippen LogP contribution in [0.5, 0.6) is 0 Å². The molecule has 2 aromatic heterocycles. The minimum Gasteiger partial charge on any atom is -0.334 e. The molecular formula is C67H56BN3S2. The summed E-state index contributed by atoms with van der Waals surface area (Å²) in [5.41, 5.74) is 20.7. The topological polar surface area (TPSA) is 9.72 Å². The number of fused-ring (bicyclic) bond motifs is 13. The quantitative estimate of drug-likeness (QED) is 0.163. The van der Waals surface area contributed by atoms with Crippen LogP contribution in [0.1, 0.15) is 77.0 Å². The Morgan fingerprint density at radius 2 is 1.05 bits per heavy atom. The lowest BCUT2D eigenvalue weighted by Crippen LogP contribution is -2.61. The molecule has 354 valence electrons. The average Bonchev–Trinajstić information content (AvgIpc) is 4.05. The van der Waals surface area contributed by atoms with Gasteiger partial charge in [-0.2, -0.15) is 0 Å². The van der Waals surface area contributed by atoms with Crippen molar-refractivity contribution in [3.05, 3.63) is 199 Å². The van der Waals surface area contributed by atoms with Crippen molar-refractivity contribution >= 4 is 132 Å². The van der Waals surface area contributed by atoms with Crippen LogP contribution in [0.2, 0.25) is 0 Å². The number of rotatable bonds is 4. The fourth-order valence-corrected chi connectivity index (χ4v) is 16.4. The van der Waals surface area contributed by atoms with Gasteiger partial charge in [-0.15, -0.1) is 22.7 Å². The maximum absolute atomic E-state index is 2.79. The Bertz CT molecular complexity index is 4120. The summed E-state index contributed by atoms with van der Waals surface area (Å²) in [5.74, 6) is 0. The van der Waals surface area contributed by atoms with Crippen molar-refractivity contribution in [2.75, 3.05) is 14.7 Å². The first-order chi connectivity index (χ1) is 35.5. The molecule has 0 amide bonds. The highest BCUT2D eigenvalue weighted by Gasteiger charge is 2.58. The van der Waals surface area contributed by atoms with Gasteiger partial charge in [0.1, 0.15) is 0 Å². The highest BCUT2D eigenvalue weighted by Crippen LogP contribution is 2.62. The van der Waals surface area contributed by atoms with Crippen molar-refractivity contribution in [3.63, 3.8) is 0 Å². The van der Waals surface area contributed by atoms with E-state index in [0.29, 0.717) is 0 Å². The summed E-state index contributed by atoms with van der Waals surface area (Å²) in [6.07, 6.45) is 4.84. The lowest BCUT2D eigenvalue weighted by atomic mass is 9.33. The largest absolute Gasteiger partial charge is 0.334 e. The zero-order valence-electron chi connectivity index (χ0n) is 42.4. The monoisotopic (exact) mass is 977 g/mol. The molecule has 1 aliphatic carbocycles. The van der Waals surface area contributed by atoms with Crippen molar-refractivity contribution in [3.8, 4) is 11.1 Å². The van der Waals surface area contributed by atoms with Crippen molar-refractivity contribution < 1.29 is 0 Å². The van der Waals surface area contributed by atoms with Crippen LogP contribution in [-0.4, -0.2) is 12.3 Å². The van der Waals surface area contributed by atoms with Crippen LogP contribution in [0.4, 0.5) is 45.5 Å². The molecule has 73 heavy (non-hydrogen) atoms. The minimum atomic E-state index is -0.0929. The third-order valence-corrected chi connectivity index (χ3v) is 20.2. The number of thiophene rings is 2. The van der Waals surface area contributed by atoms with Gasteiger partial charge in [0.2, 0.25) is 0 Å². The molecule has 6 heteroatoms. The van der Waals surface area contributed by atoms with E-state index in [-0.39, 0.29) is 23.1 Å². The Morgan fingerprint density at radius 1 is 0.479 bits per heavy atom. The molecular weight excluding hydrogens is 922 g/mol. The maximum atomic E-state index is 2.79. The van der Waals surface area contributed by atoms with Crippen molar-refractivity contribution in [1.82, 2.24) is 0 Å². The van der Waals surface area contributed by atoms with Crippen molar-refractivity contribution in [2.24, 2.45) is 0 Å². The third kappa shape index (κ3) is 6.05. The van der Waals surface area contributed by atoms with E-state index in [1.807, 2.05) is 22.7 Å². The average molecular weight is 978 g/mol. The predicted molar refractivity (Wildman–Crippen MR) is 318 cm³/mol. The molecule has 1 saturated carbocycles. The zero-order chi connectivity index (χ0) is 49.1. The molecule has 3 aliphatic heterocycles. The number of hydrogen-bond donors (Lipinski definition) is 0. The van der Waals surface area contributed by atoms with E-state index >= 15 is 0 Å². The number of benzene rings is 9. The summed E-state index contributed by atoms with van der Waals surface area (Å²) in [5, 5.41) is 5.25. The van der Waals surface area contributed by atoms with Gasteiger partial charge in [0, 0.05) is 70.5 Å². The van der Waals surface area contributed by atoms with Gasteiger partial charge < -0.3 is 14.7 Å². The Morgan fingerprint density at radius 3 is 1.70 bits per heavy atom. The SMILES string of the molecule is Cc1cc2c3c(c1)N(c1cccc4c1sc1ccccc14)c1cc(N4c5ccc(C(C)(C)C)cc5C5(C)CCCCC45C)ccc1B3c1ccc(-c3ccccc3)cc1N2c1cccc2c1sc1ccccc12. The first-order valence-corrected chi connectivity index (χ1v) is 28.0. The molecule has 0 N–H and O–H groups in total. The van der Waals surface area contributed by atoms with Crippen LogP contribution in [0, 0.1) is 6.92 Å². The fourth-order valence-electron chi connectivity index (χ4n) is 14.0. The summed E-state index contributed by atoms with van der Waals surface area (Å²) < 4.78 is 5.26. The first-order valence-electron chi connectivity index (χ1n) is 26.3. The van der Waals surface area contributed by atoms with Crippen LogP contribution in [0.25, 0.3) is 51.5 Å². The van der Waals surface area contributed by atoms with Crippen LogP contribution >= 0.6 is 22.7 Å². The molecule has 2 unspecified atom stereocenters. The second kappa shape index (κ2) is 15.5. The summed E-state index contributed by atoms with van der Waals surface area (Å²) in [6.45, 7) is 14.5. The normalized spacial score (nSPS) is 18.9. The smallest absolute Gasteiger partial charge is 0.252 e. The van der Waals surface area contributed by atoms with Crippen LogP contribution in [0.3, 0.4) is 0 Å². The molecule has 5 heterocycles. The van der Waals surface area contributed by atoms with Gasteiger partial charge in [-0.1, -0.05) is 162 Å². The van der Waals surface area contributed by atoms with Crippen molar-refractivity contribution in [1.29, 1.82) is 0 Å². The molecule has 4 aliphatic rings. The van der Waals surface area contributed by atoms with E-state index < -0.39 is 0 Å². The Balaban J connectivity index is 1.03. The number of nitrogens with zero attached hydrogens (tertiary/aromatic N) is 3. The summed E-state index contributed by atoms with van der Waals surface area (Å²) in [6, 6.07) is 70.2. The Labute approximate surface area is 437 Å². The second-order valence-corrected chi connectivity index (χ2v) is 24.9. The molecule has 11 aromatic rings. The van der Waals surface area contributed by atoms with Crippen LogP contribution < -0.4 is 31.1 Å². The van der Waals surface area contributed by atoms with E-state index in [9.17, 15) is 0 Å². The van der Waals surface area contributed by atoms with Crippen LogP contribution in [0.15, 0.2) is 182 Å². The second-order valence-electron chi connectivity index (χ2n) is 22.8. The highest BCUT2D eigenvalue weighted by molar-refractivity contribution is 7.27. The van der Waals surface area contributed by atoms with Crippen LogP contribution in [-0.2, 0) is 10.8 Å². The van der Waals surface area contributed by atoms with Gasteiger partial charge in [0.25, 0.3) is 6.71 Å². The summed E-state index contributed by atoms with van der Waals surface area (Å²) in [4.78, 5) is 8.11. The third-order valence-electron chi connectivity index (χ3n) is 17.8. The first kappa shape index (κ1) is 43.5. The molecule has 1 fully saturated rings. The predicted octanol–water partition coefficient (Wildman–Crippen LogP) is 17.5. The Hall–Kier alpha value is -7.12. The van der Waals surface area contributed by atoms with Gasteiger partial charge in [-0.05, 0) is 137 Å². The van der Waals surface area contributed by atoms with Gasteiger partial charge in [-0.3, -0.25) is 0 Å². The summed E-state index contributed by atoms with van der Waals surface area (Å²) in [7, 11) is 0. The van der Waals surface area contributed by atoms with E-state index in [4.69, 9.17) is 0 Å². The minimum absolute atomic E-state index is 0.0121. The zero-order valence-corrected chi connectivity index (χ0v) is 44.0.